The second-order valence-corrected chi connectivity index (χ2v) is 7.20. The number of aryl methyl sites for hydroxylation is 2. The second kappa shape index (κ2) is 7.87. The van der Waals surface area contributed by atoms with Crippen molar-refractivity contribution in [3.63, 3.8) is 0 Å². The number of nitrogens with one attached hydrogen (secondary N) is 1. The molecule has 0 fully saturated rings. The maximum Gasteiger partial charge on any atom is 0.282 e. The van der Waals surface area contributed by atoms with E-state index in [1.165, 1.54) is 4.90 Å². The van der Waals surface area contributed by atoms with E-state index in [0.29, 0.717) is 22.6 Å². The molecule has 0 radical (unpaired) electrons. The minimum Gasteiger partial charge on any atom is -0.497 e. The van der Waals surface area contributed by atoms with Gasteiger partial charge < -0.3 is 10.1 Å². The fourth-order valence-corrected chi connectivity index (χ4v) is 3.52. The first kappa shape index (κ1) is 19.5. The zero-order chi connectivity index (χ0) is 21.3. The first-order valence-electron chi connectivity index (χ1n) is 9.66. The number of imide groups is 1. The Morgan fingerprint density at radius 3 is 2.23 bits per heavy atom. The average molecular weight is 398 g/mol. The quantitative estimate of drug-likeness (QED) is 0.633. The first-order valence-corrected chi connectivity index (χ1v) is 9.66. The lowest BCUT2D eigenvalue weighted by atomic mass is 10.0. The monoisotopic (exact) mass is 398 g/mol. The molecule has 0 saturated heterocycles. The number of carbonyl (C=O) groups excluding carboxylic acids is 2. The van der Waals surface area contributed by atoms with Gasteiger partial charge in [0.15, 0.2) is 0 Å². The van der Waals surface area contributed by atoms with Gasteiger partial charge in [-0.15, -0.1) is 0 Å². The molecule has 5 nitrogen and oxygen atoms in total. The van der Waals surface area contributed by atoms with E-state index in [2.05, 4.69) is 5.32 Å². The third kappa shape index (κ3) is 3.46. The molecule has 1 aliphatic heterocycles. The molecule has 0 spiro atoms. The fourth-order valence-electron chi connectivity index (χ4n) is 3.52. The SMILES string of the molecule is COc1ccc(C2=C(Nc3ccccc3C)C(=O)N(c3cccc(C)c3)C2=O)cc1. The van der Waals surface area contributed by atoms with Crippen molar-refractivity contribution in [3.05, 3.63) is 95.2 Å². The molecule has 0 atom stereocenters. The van der Waals surface area contributed by atoms with Crippen molar-refractivity contribution >= 4 is 28.8 Å². The van der Waals surface area contributed by atoms with Crippen LogP contribution in [0.1, 0.15) is 16.7 Å². The van der Waals surface area contributed by atoms with Crippen molar-refractivity contribution in [2.75, 3.05) is 17.3 Å². The molecule has 0 unspecified atom stereocenters. The van der Waals surface area contributed by atoms with Crippen LogP contribution in [0.25, 0.3) is 5.57 Å². The summed E-state index contributed by atoms with van der Waals surface area (Å²) in [7, 11) is 1.59. The van der Waals surface area contributed by atoms with Gasteiger partial charge in [0.05, 0.1) is 18.4 Å². The molecule has 0 aliphatic carbocycles. The average Bonchev–Trinajstić information content (AvgIpc) is 2.99. The van der Waals surface area contributed by atoms with Crippen LogP contribution in [-0.4, -0.2) is 18.9 Å². The van der Waals surface area contributed by atoms with Gasteiger partial charge in [-0.05, 0) is 60.9 Å². The van der Waals surface area contributed by atoms with Crippen LogP contribution < -0.4 is 15.0 Å². The molecule has 5 heteroatoms. The molecule has 0 saturated carbocycles. The van der Waals surface area contributed by atoms with Crippen LogP contribution in [0.15, 0.2) is 78.5 Å². The van der Waals surface area contributed by atoms with Crippen molar-refractivity contribution in [1.29, 1.82) is 0 Å². The van der Waals surface area contributed by atoms with Gasteiger partial charge in [0.25, 0.3) is 11.8 Å². The number of methoxy groups -OCH3 is 1. The topological polar surface area (TPSA) is 58.6 Å². The summed E-state index contributed by atoms with van der Waals surface area (Å²) in [6.07, 6.45) is 0. The van der Waals surface area contributed by atoms with Crippen molar-refractivity contribution in [2.24, 2.45) is 0 Å². The molecule has 3 aromatic carbocycles. The lowest BCUT2D eigenvalue weighted by Crippen LogP contribution is -2.32. The summed E-state index contributed by atoms with van der Waals surface area (Å²) in [6.45, 7) is 3.88. The Labute approximate surface area is 175 Å². The summed E-state index contributed by atoms with van der Waals surface area (Å²) in [5, 5.41) is 3.22. The van der Waals surface area contributed by atoms with E-state index < -0.39 is 0 Å². The van der Waals surface area contributed by atoms with Crippen LogP contribution in [0, 0.1) is 13.8 Å². The molecule has 1 heterocycles. The predicted molar refractivity (Wildman–Crippen MR) is 118 cm³/mol. The number of ether oxygens (including phenoxy) is 1. The Kier molecular flexibility index (Phi) is 5.11. The highest BCUT2D eigenvalue weighted by atomic mass is 16.5. The smallest absolute Gasteiger partial charge is 0.282 e. The lowest BCUT2D eigenvalue weighted by molar-refractivity contribution is -0.120. The van der Waals surface area contributed by atoms with Gasteiger partial charge >= 0.3 is 0 Å². The molecular weight excluding hydrogens is 376 g/mol. The van der Waals surface area contributed by atoms with Gasteiger partial charge in [-0.1, -0.05) is 42.5 Å². The Morgan fingerprint density at radius 2 is 1.57 bits per heavy atom. The zero-order valence-electron chi connectivity index (χ0n) is 17.1. The fraction of sp³-hybridized carbons (Fsp3) is 0.120. The number of hydrogen-bond acceptors (Lipinski definition) is 4. The van der Waals surface area contributed by atoms with Crippen molar-refractivity contribution in [1.82, 2.24) is 0 Å². The molecule has 150 valence electrons. The number of anilines is 2. The van der Waals surface area contributed by atoms with Crippen LogP contribution in [0.5, 0.6) is 5.75 Å². The van der Waals surface area contributed by atoms with E-state index in [0.717, 1.165) is 16.8 Å². The minimum absolute atomic E-state index is 0.265. The highest BCUT2D eigenvalue weighted by Gasteiger charge is 2.40. The maximum atomic E-state index is 13.4. The molecule has 4 rings (SSSR count). The van der Waals surface area contributed by atoms with Crippen LogP contribution in [0.3, 0.4) is 0 Å². The summed E-state index contributed by atoms with van der Waals surface area (Å²) >= 11 is 0. The summed E-state index contributed by atoms with van der Waals surface area (Å²) in [5.41, 5.74) is 4.55. The second-order valence-electron chi connectivity index (χ2n) is 7.20. The Balaban J connectivity index is 1.84. The van der Waals surface area contributed by atoms with E-state index in [9.17, 15) is 9.59 Å². The molecular formula is C25H22N2O3. The number of para-hydroxylation sites is 1. The predicted octanol–water partition coefficient (Wildman–Crippen LogP) is 4.71. The largest absolute Gasteiger partial charge is 0.497 e. The number of carbonyl (C=O) groups is 2. The summed E-state index contributed by atoms with van der Waals surface area (Å²) in [6, 6.07) is 22.2. The van der Waals surface area contributed by atoms with E-state index in [1.54, 1.807) is 37.4 Å². The molecule has 1 N–H and O–H groups in total. The highest BCUT2D eigenvalue weighted by Crippen LogP contribution is 2.35. The Bertz CT molecular complexity index is 1160. The van der Waals surface area contributed by atoms with Crippen molar-refractivity contribution in [2.45, 2.75) is 13.8 Å². The van der Waals surface area contributed by atoms with Crippen LogP contribution in [0.4, 0.5) is 11.4 Å². The van der Waals surface area contributed by atoms with E-state index in [4.69, 9.17) is 4.74 Å². The zero-order valence-corrected chi connectivity index (χ0v) is 17.1. The molecule has 30 heavy (non-hydrogen) atoms. The number of amides is 2. The van der Waals surface area contributed by atoms with Gasteiger partial charge in [0.2, 0.25) is 0 Å². The van der Waals surface area contributed by atoms with Gasteiger partial charge in [-0.25, -0.2) is 4.90 Å². The van der Waals surface area contributed by atoms with Crippen LogP contribution in [-0.2, 0) is 9.59 Å². The molecule has 3 aromatic rings. The molecule has 0 bridgehead atoms. The molecule has 0 aromatic heterocycles. The van der Waals surface area contributed by atoms with Crippen LogP contribution in [0.2, 0.25) is 0 Å². The minimum atomic E-state index is -0.375. The van der Waals surface area contributed by atoms with E-state index >= 15 is 0 Å². The van der Waals surface area contributed by atoms with E-state index in [-0.39, 0.29) is 17.5 Å². The van der Waals surface area contributed by atoms with Gasteiger partial charge in [0, 0.05) is 5.69 Å². The van der Waals surface area contributed by atoms with Crippen LogP contribution >= 0.6 is 0 Å². The van der Waals surface area contributed by atoms with Gasteiger partial charge in [-0.2, -0.15) is 0 Å². The standard InChI is InChI=1S/C25H22N2O3/c1-16-7-6-9-19(15-16)27-24(28)22(18-11-13-20(30-3)14-12-18)23(25(27)29)26-21-10-5-4-8-17(21)2/h4-15,26H,1-3H3. The summed E-state index contributed by atoms with van der Waals surface area (Å²) in [4.78, 5) is 28.1. The normalized spacial score (nSPS) is 13.8. The first-order chi connectivity index (χ1) is 14.5. The van der Waals surface area contributed by atoms with E-state index in [1.807, 2.05) is 56.3 Å². The summed E-state index contributed by atoms with van der Waals surface area (Å²) < 4.78 is 5.23. The number of benzene rings is 3. The third-order valence-electron chi connectivity index (χ3n) is 5.13. The van der Waals surface area contributed by atoms with Crippen molar-refractivity contribution < 1.29 is 14.3 Å². The highest BCUT2D eigenvalue weighted by molar-refractivity contribution is 6.46. The molecule has 1 aliphatic rings. The number of nitrogens with zero attached hydrogens (tertiary/aromatic N) is 1. The number of rotatable bonds is 5. The Hall–Kier alpha value is -3.86. The summed E-state index contributed by atoms with van der Waals surface area (Å²) in [5.74, 6) is -0.0494. The van der Waals surface area contributed by atoms with Gasteiger partial charge in [-0.3, -0.25) is 9.59 Å². The van der Waals surface area contributed by atoms with Crippen molar-refractivity contribution in [3.8, 4) is 5.75 Å². The molecule has 2 amide bonds. The number of hydrogen-bond donors (Lipinski definition) is 1. The van der Waals surface area contributed by atoms with Gasteiger partial charge in [0.1, 0.15) is 11.4 Å². The lowest BCUT2D eigenvalue weighted by Gasteiger charge is -2.16. The maximum absolute atomic E-state index is 13.4. The third-order valence-corrected chi connectivity index (χ3v) is 5.13. The Morgan fingerprint density at radius 1 is 0.833 bits per heavy atom.